The summed E-state index contributed by atoms with van der Waals surface area (Å²) in [7, 11) is 0. The minimum Gasteiger partial charge on any atom is -0.508 e. The first-order valence-electron chi connectivity index (χ1n) is 20.4. The fraction of sp³-hybridized carbons (Fsp3) is 0.208. The predicted octanol–water partition coefficient (Wildman–Crippen LogP) is 12.6. The van der Waals surface area contributed by atoms with Crippen LogP contribution in [0.15, 0.2) is 152 Å². The van der Waals surface area contributed by atoms with Crippen molar-refractivity contribution in [1.29, 1.82) is 0 Å². The lowest BCUT2D eigenvalue weighted by Gasteiger charge is -2.39. The largest absolute Gasteiger partial charge is 0.508 e. The molecular formula is C53H48O5. The van der Waals surface area contributed by atoms with Crippen LogP contribution in [0.3, 0.4) is 0 Å². The van der Waals surface area contributed by atoms with E-state index in [1.54, 1.807) is 36.4 Å². The van der Waals surface area contributed by atoms with E-state index in [4.69, 9.17) is 4.74 Å². The molecule has 58 heavy (non-hydrogen) atoms. The molecule has 290 valence electrons. The standard InChI is InChI=1S/C27H22O2.C26H26O3/c1-27(22-9-7-19(8-10-22)18-5-3-2-4-6-18)25-13-11-23(28)16-20(25)15-21-17-24(29)12-14-26(21)27;1-26(19-9-7-18(8-10-19)17-5-3-2-4-6-17)22-13-11-20(27)15-24(22)29-25-16-21(28)12-14-23(25)26/h2-14,16-17,28-29H,15H2,1H3;7-17,27-28H,2-6H2,1H3. The van der Waals surface area contributed by atoms with Gasteiger partial charge in [0.1, 0.15) is 34.5 Å². The van der Waals surface area contributed by atoms with Gasteiger partial charge in [0.05, 0.1) is 0 Å². The van der Waals surface area contributed by atoms with E-state index in [2.05, 4.69) is 86.6 Å². The van der Waals surface area contributed by atoms with Crippen molar-refractivity contribution < 1.29 is 25.2 Å². The predicted molar refractivity (Wildman–Crippen MR) is 231 cm³/mol. The van der Waals surface area contributed by atoms with Crippen molar-refractivity contribution >= 4 is 0 Å². The molecule has 10 rings (SSSR count). The second kappa shape index (κ2) is 14.8. The molecule has 0 saturated heterocycles. The molecule has 2 aliphatic carbocycles. The Morgan fingerprint density at radius 2 is 0.879 bits per heavy atom. The second-order valence-corrected chi connectivity index (χ2v) is 16.5. The number of aromatic hydroxyl groups is 4. The van der Waals surface area contributed by atoms with Gasteiger partial charge in [0.2, 0.25) is 0 Å². The highest BCUT2D eigenvalue weighted by atomic mass is 16.5. The van der Waals surface area contributed by atoms with Crippen LogP contribution in [0.2, 0.25) is 0 Å². The summed E-state index contributed by atoms with van der Waals surface area (Å²) in [5.74, 6) is 2.81. The van der Waals surface area contributed by atoms with Crippen molar-refractivity contribution in [2.45, 2.75) is 69.1 Å². The Hall–Kier alpha value is -6.46. The summed E-state index contributed by atoms with van der Waals surface area (Å²) in [6, 6.07) is 50.0. The van der Waals surface area contributed by atoms with Gasteiger partial charge in [-0.05, 0) is 125 Å². The molecule has 1 heterocycles. The fourth-order valence-electron chi connectivity index (χ4n) is 9.83. The van der Waals surface area contributed by atoms with Gasteiger partial charge < -0.3 is 25.2 Å². The summed E-state index contributed by atoms with van der Waals surface area (Å²) in [5, 5.41) is 40.1. The van der Waals surface area contributed by atoms with Crippen LogP contribution in [0.5, 0.6) is 34.5 Å². The molecule has 0 radical (unpaired) electrons. The lowest BCUT2D eigenvalue weighted by Crippen LogP contribution is -2.31. The monoisotopic (exact) mass is 764 g/mol. The molecule has 0 aromatic heterocycles. The van der Waals surface area contributed by atoms with Crippen molar-refractivity contribution in [3.63, 3.8) is 0 Å². The first-order valence-corrected chi connectivity index (χ1v) is 20.4. The van der Waals surface area contributed by atoms with Gasteiger partial charge in [-0.1, -0.05) is 122 Å². The van der Waals surface area contributed by atoms with Crippen molar-refractivity contribution in [1.82, 2.24) is 0 Å². The molecular weight excluding hydrogens is 717 g/mol. The topological polar surface area (TPSA) is 90.2 Å². The summed E-state index contributed by atoms with van der Waals surface area (Å²) in [6.45, 7) is 4.42. The quantitative estimate of drug-likeness (QED) is 0.143. The third-order valence-electron chi connectivity index (χ3n) is 13.0. The summed E-state index contributed by atoms with van der Waals surface area (Å²) >= 11 is 0. The number of phenols is 4. The van der Waals surface area contributed by atoms with Gasteiger partial charge >= 0.3 is 0 Å². The molecule has 1 aliphatic heterocycles. The molecule has 7 aromatic carbocycles. The van der Waals surface area contributed by atoms with Gasteiger partial charge in [0, 0.05) is 34.1 Å². The van der Waals surface area contributed by atoms with Crippen molar-refractivity contribution in [3.8, 4) is 45.6 Å². The molecule has 0 unspecified atom stereocenters. The molecule has 5 nitrogen and oxygen atoms in total. The third-order valence-corrected chi connectivity index (χ3v) is 13.0. The molecule has 4 N–H and O–H groups in total. The average Bonchev–Trinajstić information content (AvgIpc) is 3.24. The maximum Gasteiger partial charge on any atom is 0.135 e. The normalized spacial score (nSPS) is 16.0. The minimum atomic E-state index is -0.435. The highest BCUT2D eigenvalue weighted by molar-refractivity contribution is 5.67. The van der Waals surface area contributed by atoms with E-state index in [1.165, 1.54) is 71.0 Å². The molecule has 0 atom stereocenters. The van der Waals surface area contributed by atoms with Gasteiger partial charge in [-0.3, -0.25) is 0 Å². The molecule has 3 aliphatic rings. The van der Waals surface area contributed by atoms with Gasteiger partial charge in [0.15, 0.2) is 0 Å². The Balaban J connectivity index is 0.000000150. The van der Waals surface area contributed by atoms with Gasteiger partial charge in [-0.2, -0.15) is 0 Å². The minimum absolute atomic E-state index is 0.169. The summed E-state index contributed by atoms with van der Waals surface area (Å²) in [5.41, 5.74) is 12.0. The number of rotatable bonds is 4. The van der Waals surface area contributed by atoms with E-state index in [0.717, 1.165) is 22.3 Å². The van der Waals surface area contributed by atoms with Gasteiger partial charge in [-0.25, -0.2) is 0 Å². The Bertz CT molecular complexity index is 2500. The molecule has 1 fully saturated rings. The van der Waals surface area contributed by atoms with Crippen LogP contribution >= 0.6 is 0 Å². The van der Waals surface area contributed by atoms with E-state index in [-0.39, 0.29) is 28.4 Å². The Morgan fingerprint density at radius 1 is 0.448 bits per heavy atom. The van der Waals surface area contributed by atoms with Crippen molar-refractivity contribution in [2.24, 2.45) is 0 Å². The average molecular weight is 765 g/mol. The number of fused-ring (bicyclic) bond motifs is 4. The van der Waals surface area contributed by atoms with Crippen LogP contribution in [0.25, 0.3) is 11.1 Å². The number of ether oxygens (including phenoxy) is 1. The fourth-order valence-corrected chi connectivity index (χ4v) is 9.83. The SMILES string of the molecule is CC1(c2ccc(-c3ccccc3)cc2)c2ccc(O)cc2Cc2cc(O)ccc21.CC1(c2ccc(C3CCCCC3)cc2)c2ccc(O)cc2Oc2cc(O)ccc21. The van der Waals surface area contributed by atoms with E-state index in [1.807, 2.05) is 42.5 Å². The second-order valence-electron chi connectivity index (χ2n) is 16.5. The number of benzene rings is 7. The Morgan fingerprint density at radius 3 is 1.40 bits per heavy atom. The molecule has 1 saturated carbocycles. The van der Waals surface area contributed by atoms with Crippen LogP contribution in [-0.4, -0.2) is 20.4 Å². The molecule has 0 bridgehead atoms. The van der Waals surface area contributed by atoms with Crippen molar-refractivity contribution in [2.75, 3.05) is 0 Å². The Kier molecular flexibility index (Phi) is 9.48. The van der Waals surface area contributed by atoms with E-state index in [9.17, 15) is 20.4 Å². The molecule has 5 heteroatoms. The molecule has 7 aromatic rings. The summed E-state index contributed by atoms with van der Waals surface area (Å²) in [6.07, 6.45) is 7.29. The number of phenolic OH excluding ortho intramolecular Hbond substituents is 4. The van der Waals surface area contributed by atoms with Crippen LogP contribution in [0.1, 0.15) is 102 Å². The van der Waals surface area contributed by atoms with Gasteiger partial charge in [0.25, 0.3) is 0 Å². The van der Waals surface area contributed by atoms with Crippen LogP contribution in [0.4, 0.5) is 0 Å². The zero-order valence-corrected chi connectivity index (χ0v) is 33.0. The van der Waals surface area contributed by atoms with E-state index in [0.29, 0.717) is 23.8 Å². The zero-order valence-electron chi connectivity index (χ0n) is 33.0. The highest BCUT2D eigenvalue weighted by Crippen LogP contribution is 2.53. The van der Waals surface area contributed by atoms with E-state index >= 15 is 0 Å². The van der Waals surface area contributed by atoms with Crippen LogP contribution < -0.4 is 4.74 Å². The van der Waals surface area contributed by atoms with E-state index < -0.39 is 5.41 Å². The highest BCUT2D eigenvalue weighted by Gasteiger charge is 2.41. The third kappa shape index (κ3) is 6.55. The van der Waals surface area contributed by atoms with Crippen LogP contribution in [-0.2, 0) is 17.3 Å². The molecule has 0 spiro atoms. The molecule has 0 amide bonds. The van der Waals surface area contributed by atoms with Crippen molar-refractivity contribution in [3.05, 3.63) is 202 Å². The lowest BCUT2D eigenvalue weighted by atomic mass is 9.64. The summed E-state index contributed by atoms with van der Waals surface area (Å²) < 4.78 is 6.05. The number of hydrogen-bond acceptors (Lipinski definition) is 5. The van der Waals surface area contributed by atoms with Crippen LogP contribution in [0, 0.1) is 0 Å². The first-order chi connectivity index (χ1) is 28.1. The lowest BCUT2D eigenvalue weighted by molar-refractivity contribution is 0.410. The Labute approximate surface area is 340 Å². The van der Waals surface area contributed by atoms with Gasteiger partial charge in [-0.15, -0.1) is 0 Å². The zero-order chi connectivity index (χ0) is 40.0. The summed E-state index contributed by atoms with van der Waals surface area (Å²) in [4.78, 5) is 0. The maximum absolute atomic E-state index is 10.0. The maximum atomic E-state index is 10.0. The number of hydrogen-bond donors (Lipinski definition) is 4. The first kappa shape index (κ1) is 37.1. The smallest absolute Gasteiger partial charge is 0.135 e.